The van der Waals surface area contributed by atoms with Gasteiger partial charge < -0.3 is 19.1 Å². The molecule has 1 aromatic carbocycles. The van der Waals surface area contributed by atoms with E-state index in [0.717, 1.165) is 30.7 Å². The second-order valence-electron chi connectivity index (χ2n) is 9.38. The van der Waals surface area contributed by atoms with Crippen LogP contribution in [0.1, 0.15) is 42.3 Å². The van der Waals surface area contributed by atoms with Gasteiger partial charge in [-0.15, -0.1) is 0 Å². The number of aliphatic hydroxyl groups excluding tert-OH is 1. The number of hydrogen-bond acceptors (Lipinski definition) is 5. The lowest BCUT2D eigenvalue weighted by Crippen LogP contribution is -2.60. The molecule has 3 aliphatic rings. The van der Waals surface area contributed by atoms with Crippen LogP contribution >= 0.6 is 0 Å². The summed E-state index contributed by atoms with van der Waals surface area (Å²) in [6.07, 6.45) is 6.39. The Morgan fingerprint density at radius 2 is 2.10 bits per heavy atom. The average Bonchev–Trinajstić information content (AvgIpc) is 3.49. The topological polar surface area (TPSA) is 84.4 Å². The number of carbonyl (C=O) groups is 1. The Hall–Kier alpha value is -2.93. The fourth-order valence-corrected chi connectivity index (χ4v) is 6.06. The Morgan fingerprint density at radius 1 is 1.29 bits per heavy atom. The number of fused-ring (bicyclic) bond motifs is 3. The number of aryl methyl sites for hydroxylation is 1. The number of benzene rings is 1. The Labute approximate surface area is 180 Å². The summed E-state index contributed by atoms with van der Waals surface area (Å²) in [6.45, 7) is 3.21. The number of aliphatic hydroxyl groups is 1. The van der Waals surface area contributed by atoms with E-state index in [-0.39, 0.29) is 35.8 Å². The van der Waals surface area contributed by atoms with Gasteiger partial charge in [0.15, 0.2) is 0 Å². The number of aromatic nitrogens is 3. The van der Waals surface area contributed by atoms with Gasteiger partial charge in [0.25, 0.3) is 0 Å². The molecule has 31 heavy (non-hydrogen) atoms. The van der Waals surface area contributed by atoms with E-state index in [0.29, 0.717) is 18.8 Å². The molecule has 6 rings (SSSR count). The molecule has 3 aromatic rings. The third kappa shape index (κ3) is 2.79. The Kier molecular flexibility index (Phi) is 4.12. The summed E-state index contributed by atoms with van der Waals surface area (Å²) >= 11 is 0. The molecule has 0 bridgehead atoms. The lowest BCUT2D eigenvalue weighted by atomic mass is 9.53. The van der Waals surface area contributed by atoms with Crippen molar-refractivity contribution >= 4 is 5.91 Å². The summed E-state index contributed by atoms with van der Waals surface area (Å²) in [7, 11) is 0. The fraction of sp³-hybridized carbons (Fsp3) is 0.458. The van der Waals surface area contributed by atoms with Crippen LogP contribution in [0.4, 0.5) is 0 Å². The van der Waals surface area contributed by atoms with E-state index in [1.165, 1.54) is 11.1 Å². The molecule has 1 amide bonds. The maximum atomic E-state index is 12.7. The monoisotopic (exact) mass is 418 g/mol. The molecule has 2 aromatic heterocycles. The van der Waals surface area contributed by atoms with Gasteiger partial charge in [0, 0.05) is 36.1 Å². The predicted octanol–water partition coefficient (Wildman–Crippen LogP) is 2.98. The van der Waals surface area contributed by atoms with Crippen LogP contribution in [0.5, 0.6) is 0 Å². The highest BCUT2D eigenvalue weighted by Crippen LogP contribution is 2.59. The molecule has 1 N–H and O–H groups in total. The Balaban J connectivity index is 1.14. The summed E-state index contributed by atoms with van der Waals surface area (Å²) in [5.74, 6) is 0.983. The van der Waals surface area contributed by atoms with Gasteiger partial charge >= 0.3 is 0 Å². The van der Waals surface area contributed by atoms with Crippen molar-refractivity contribution in [2.45, 2.75) is 44.8 Å². The molecular formula is C24H26N4O3. The zero-order chi connectivity index (χ0) is 21.2. The van der Waals surface area contributed by atoms with Crippen molar-refractivity contribution in [3.63, 3.8) is 0 Å². The van der Waals surface area contributed by atoms with Crippen LogP contribution in [-0.4, -0.2) is 49.8 Å². The molecule has 7 nitrogen and oxygen atoms in total. The van der Waals surface area contributed by atoms with Gasteiger partial charge in [0.1, 0.15) is 5.76 Å². The number of amides is 1. The summed E-state index contributed by atoms with van der Waals surface area (Å²) in [5.41, 5.74) is 4.25. The second-order valence-corrected chi connectivity index (χ2v) is 9.38. The third-order valence-corrected chi connectivity index (χ3v) is 7.72. The van der Waals surface area contributed by atoms with Gasteiger partial charge in [-0.05, 0) is 31.7 Å². The van der Waals surface area contributed by atoms with E-state index in [9.17, 15) is 9.90 Å². The SMILES string of the molecule is Cc1cc(CC(=O)N2CCC3(CC2)C[C@@H](C2c4ccccc4-c4cncn42)[C@H]3O)no1. The van der Waals surface area contributed by atoms with Crippen LogP contribution in [0.25, 0.3) is 11.3 Å². The molecule has 1 saturated heterocycles. The van der Waals surface area contributed by atoms with Gasteiger partial charge in [0.2, 0.25) is 5.91 Å². The Bertz CT molecular complexity index is 1140. The first-order valence-electron chi connectivity index (χ1n) is 11.0. The van der Waals surface area contributed by atoms with Gasteiger partial charge in [-0.2, -0.15) is 0 Å². The van der Waals surface area contributed by atoms with Crippen LogP contribution in [0, 0.1) is 18.3 Å². The van der Waals surface area contributed by atoms with Crippen LogP contribution < -0.4 is 0 Å². The van der Waals surface area contributed by atoms with E-state index in [2.05, 4.69) is 39.0 Å². The fourth-order valence-electron chi connectivity index (χ4n) is 6.06. The first kappa shape index (κ1) is 18.8. The van der Waals surface area contributed by atoms with E-state index in [4.69, 9.17) is 4.52 Å². The molecule has 3 atom stereocenters. The number of imidazole rings is 1. The number of likely N-dealkylation sites (tertiary alicyclic amines) is 1. The molecular weight excluding hydrogens is 392 g/mol. The quantitative estimate of drug-likeness (QED) is 0.707. The highest BCUT2D eigenvalue weighted by molar-refractivity contribution is 5.78. The summed E-state index contributed by atoms with van der Waals surface area (Å²) in [4.78, 5) is 18.9. The van der Waals surface area contributed by atoms with Crippen LogP contribution in [0.15, 0.2) is 47.4 Å². The minimum atomic E-state index is -0.366. The van der Waals surface area contributed by atoms with Crippen molar-refractivity contribution in [2.75, 3.05) is 13.1 Å². The summed E-state index contributed by atoms with van der Waals surface area (Å²) in [5, 5.41) is 15.3. The van der Waals surface area contributed by atoms with Gasteiger partial charge in [-0.3, -0.25) is 4.79 Å². The minimum absolute atomic E-state index is 0.0792. The maximum absolute atomic E-state index is 12.7. The van der Waals surface area contributed by atoms with Crippen molar-refractivity contribution in [2.24, 2.45) is 11.3 Å². The largest absolute Gasteiger partial charge is 0.392 e. The van der Waals surface area contributed by atoms with Crippen LogP contribution in [0.2, 0.25) is 0 Å². The first-order chi connectivity index (χ1) is 15.1. The highest BCUT2D eigenvalue weighted by atomic mass is 16.5. The second kappa shape index (κ2) is 6.79. The molecule has 7 heteroatoms. The number of piperidine rings is 1. The summed E-state index contributed by atoms with van der Waals surface area (Å²) < 4.78 is 7.30. The smallest absolute Gasteiger partial charge is 0.228 e. The lowest BCUT2D eigenvalue weighted by Gasteiger charge is -2.58. The zero-order valence-electron chi connectivity index (χ0n) is 17.6. The van der Waals surface area contributed by atoms with E-state index in [1.54, 1.807) is 0 Å². The highest BCUT2D eigenvalue weighted by Gasteiger charge is 2.58. The molecule has 1 spiro atoms. The molecule has 4 heterocycles. The molecule has 160 valence electrons. The van der Waals surface area contributed by atoms with Crippen molar-refractivity contribution in [3.8, 4) is 11.3 Å². The lowest BCUT2D eigenvalue weighted by molar-refractivity contribution is -0.164. The molecule has 1 saturated carbocycles. The van der Waals surface area contributed by atoms with Crippen molar-refractivity contribution in [1.29, 1.82) is 0 Å². The van der Waals surface area contributed by atoms with Crippen molar-refractivity contribution in [1.82, 2.24) is 19.6 Å². The van der Waals surface area contributed by atoms with E-state index in [1.807, 2.05) is 30.4 Å². The molecule has 2 aliphatic heterocycles. The molecule has 1 aliphatic carbocycles. The molecule has 2 fully saturated rings. The number of hydrogen-bond donors (Lipinski definition) is 1. The normalized spacial score (nSPS) is 25.9. The average molecular weight is 418 g/mol. The van der Waals surface area contributed by atoms with Gasteiger partial charge in [-0.1, -0.05) is 29.4 Å². The number of nitrogens with zero attached hydrogens (tertiary/aromatic N) is 4. The van der Waals surface area contributed by atoms with E-state index < -0.39 is 0 Å². The molecule has 0 radical (unpaired) electrons. The summed E-state index contributed by atoms with van der Waals surface area (Å²) in [6, 6.07) is 10.4. The predicted molar refractivity (Wildman–Crippen MR) is 113 cm³/mol. The standard InChI is InChI=1S/C24H26N4O3/c1-15-10-16(26-31-15)11-21(29)27-8-6-24(7-9-27)12-19(23(24)30)22-18-5-3-2-4-17(18)20-13-25-14-28(20)22/h2-5,10,13-14,19,22-23,30H,6-9,11-12H2,1H3/t19-,22?,23+/m0/s1. The van der Waals surface area contributed by atoms with Gasteiger partial charge in [0.05, 0.1) is 42.5 Å². The minimum Gasteiger partial charge on any atom is -0.392 e. The first-order valence-corrected chi connectivity index (χ1v) is 11.0. The number of rotatable bonds is 3. The maximum Gasteiger partial charge on any atom is 0.228 e. The number of carbonyl (C=O) groups excluding carboxylic acids is 1. The zero-order valence-corrected chi connectivity index (χ0v) is 17.6. The third-order valence-electron chi connectivity index (χ3n) is 7.72. The Morgan fingerprint density at radius 3 is 2.84 bits per heavy atom. The van der Waals surface area contributed by atoms with Crippen molar-refractivity contribution in [3.05, 3.63) is 59.9 Å². The van der Waals surface area contributed by atoms with Crippen LogP contribution in [0.3, 0.4) is 0 Å². The van der Waals surface area contributed by atoms with E-state index >= 15 is 0 Å². The van der Waals surface area contributed by atoms with Crippen LogP contribution in [-0.2, 0) is 11.2 Å². The van der Waals surface area contributed by atoms with Gasteiger partial charge in [-0.25, -0.2) is 4.98 Å². The van der Waals surface area contributed by atoms with Crippen molar-refractivity contribution < 1.29 is 14.4 Å². The molecule has 1 unspecified atom stereocenters.